The van der Waals surface area contributed by atoms with Gasteiger partial charge in [-0.1, -0.05) is 30.2 Å². The van der Waals surface area contributed by atoms with Crippen molar-refractivity contribution in [3.05, 3.63) is 58.6 Å². The summed E-state index contributed by atoms with van der Waals surface area (Å²) >= 11 is 6.17. The molecule has 0 saturated carbocycles. The number of sulfonamides is 1. The molecule has 1 amide bonds. The molecule has 0 spiro atoms. The molecular weight excluding hydrogens is 400 g/mol. The highest BCUT2D eigenvalue weighted by Crippen LogP contribution is 2.25. The third-order valence-electron chi connectivity index (χ3n) is 4.72. The highest BCUT2D eigenvalue weighted by molar-refractivity contribution is 7.89. The van der Waals surface area contributed by atoms with E-state index in [0.717, 1.165) is 24.8 Å². The smallest absolute Gasteiger partial charge is 0.253 e. The fourth-order valence-electron chi connectivity index (χ4n) is 3.15. The lowest BCUT2D eigenvalue weighted by Gasteiger charge is -2.26. The van der Waals surface area contributed by atoms with Gasteiger partial charge in [-0.15, -0.1) is 0 Å². The monoisotopic (exact) mass is 422 g/mol. The Labute approximate surface area is 170 Å². The average molecular weight is 423 g/mol. The van der Waals surface area contributed by atoms with Crippen molar-refractivity contribution in [2.24, 2.45) is 0 Å². The fraction of sp³-hybridized carbons (Fsp3) is 0.350. The van der Waals surface area contributed by atoms with E-state index in [9.17, 15) is 13.2 Å². The third kappa shape index (κ3) is 4.66. The number of carbonyl (C=O) groups is 1. The number of nitrogens with one attached hydrogen (secondary N) is 1. The summed E-state index contributed by atoms with van der Waals surface area (Å²) < 4.78 is 32.4. The molecule has 150 valence electrons. The molecule has 0 aliphatic carbocycles. The number of methoxy groups -OCH3 is 1. The molecule has 0 radical (unpaired) electrons. The van der Waals surface area contributed by atoms with Gasteiger partial charge in [0.15, 0.2) is 0 Å². The van der Waals surface area contributed by atoms with Crippen LogP contribution in [0.5, 0.6) is 5.75 Å². The van der Waals surface area contributed by atoms with Gasteiger partial charge in [-0.2, -0.15) is 4.31 Å². The van der Waals surface area contributed by atoms with Crippen molar-refractivity contribution in [3.8, 4) is 5.75 Å². The Kier molecular flexibility index (Phi) is 6.59. The zero-order valence-corrected chi connectivity index (χ0v) is 17.2. The second-order valence-electron chi connectivity index (χ2n) is 6.64. The molecule has 1 aliphatic heterocycles. The van der Waals surface area contributed by atoms with Crippen LogP contribution >= 0.6 is 11.6 Å². The van der Waals surface area contributed by atoms with Gasteiger partial charge in [-0.3, -0.25) is 4.79 Å². The summed E-state index contributed by atoms with van der Waals surface area (Å²) in [5, 5.41) is 2.99. The standard InChI is InChI=1S/C20H23ClN2O4S/c1-27-16-7-5-6-15(12-16)14-22-20(24)18-13-17(8-9-19(18)21)28(25,26)23-10-3-2-4-11-23/h5-9,12-13H,2-4,10-11,14H2,1H3,(H,22,24). The minimum absolute atomic E-state index is 0.0883. The van der Waals surface area contributed by atoms with Gasteiger partial charge >= 0.3 is 0 Å². The quantitative estimate of drug-likeness (QED) is 0.773. The predicted molar refractivity (Wildman–Crippen MR) is 108 cm³/mol. The SMILES string of the molecule is COc1cccc(CNC(=O)c2cc(S(=O)(=O)N3CCCCC3)ccc2Cl)c1. The van der Waals surface area contributed by atoms with Crippen LogP contribution in [0.4, 0.5) is 0 Å². The molecule has 8 heteroatoms. The second-order valence-corrected chi connectivity index (χ2v) is 8.99. The lowest BCUT2D eigenvalue weighted by atomic mass is 10.2. The average Bonchev–Trinajstić information content (AvgIpc) is 2.73. The van der Waals surface area contributed by atoms with Crippen molar-refractivity contribution in [1.29, 1.82) is 0 Å². The summed E-state index contributed by atoms with van der Waals surface area (Å²) in [5.41, 5.74) is 1.00. The molecule has 3 rings (SSSR count). The predicted octanol–water partition coefficient (Wildman–Crippen LogP) is 3.45. The number of halogens is 1. The molecule has 0 aromatic heterocycles. The van der Waals surface area contributed by atoms with Crippen molar-refractivity contribution in [2.75, 3.05) is 20.2 Å². The molecule has 2 aromatic rings. The molecule has 1 N–H and O–H groups in total. The number of piperidine rings is 1. The maximum atomic E-state index is 12.9. The van der Waals surface area contributed by atoms with Crippen LogP contribution in [0.3, 0.4) is 0 Å². The molecular formula is C20H23ClN2O4S. The molecule has 2 aromatic carbocycles. The minimum atomic E-state index is -3.63. The number of hydrogen-bond acceptors (Lipinski definition) is 4. The first kappa shape index (κ1) is 20.6. The number of rotatable bonds is 6. The summed E-state index contributed by atoms with van der Waals surface area (Å²) in [6, 6.07) is 11.6. The van der Waals surface area contributed by atoms with E-state index in [4.69, 9.17) is 16.3 Å². The van der Waals surface area contributed by atoms with Crippen LogP contribution in [0.1, 0.15) is 35.2 Å². The lowest BCUT2D eigenvalue weighted by molar-refractivity contribution is 0.0951. The van der Waals surface area contributed by atoms with Crippen molar-refractivity contribution in [2.45, 2.75) is 30.7 Å². The molecule has 0 atom stereocenters. The van der Waals surface area contributed by atoms with E-state index in [1.165, 1.54) is 22.5 Å². The summed E-state index contributed by atoms with van der Waals surface area (Å²) in [6.45, 7) is 1.28. The van der Waals surface area contributed by atoms with Gasteiger partial charge in [0.25, 0.3) is 5.91 Å². The first-order valence-electron chi connectivity index (χ1n) is 9.12. The van der Waals surface area contributed by atoms with Gasteiger partial charge in [0, 0.05) is 19.6 Å². The Bertz CT molecular complexity index is 956. The van der Waals surface area contributed by atoms with Gasteiger partial charge in [0.1, 0.15) is 5.75 Å². The van der Waals surface area contributed by atoms with Crippen LogP contribution in [-0.2, 0) is 16.6 Å². The minimum Gasteiger partial charge on any atom is -0.497 e. The number of amides is 1. The molecule has 1 heterocycles. The van der Waals surface area contributed by atoms with Crippen molar-refractivity contribution in [3.63, 3.8) is 0 Å². The maximum absolute atomic E-state index is 12.9. The number of benzene rings is 2. The van der Waals surface area contributed by atoms with Crippen molar-refractivity contribution in [1.82, 2.24) is 9.62 Å². The van der Waals surface area contributed by atoms with Crippen LogP contribution in [-0.4, -0.2) is 38.8 Å². The molecule has 1 fully saturated rings. The molecule has 6 nitrogen and oxygen atoms in total. The number of hydrogen-bond donors (Lipinski definition) is 1. The molecule has 0 bridgehead atoms. The van der Waals surface area contributed by atoms with Crippen LogP contribution in [0.2, 0.25) is 5.02 Å². The van der Waals surface area contributed by atoms with E-state index >= 15 is 0 Å². The van der Waals surface area contributed by atoms with E-state index in [1.807, 2.05) is 24.3 Å². The van der Waals surface area contributed by atoms with Gasteiger partial charge in [0.05, 0.1) is 22.6 Å². The number of nitrogens with zero attached hydrogens (tertiary/aromatic N) is 1. The highest BCUT2D eigenvalue weighted by Gasteiger charge is 2.27. The zero-order chi connectivity index (χ0) is 20.1. The summed E-state index contributed by atoms with van der Waals surface area (Å²) in [6.07, 6.45) is 2.73. The van der Waals surface area contributed by atoms with Crippen LogP contribution in [0.25, 0.3) is 0 Å². The van der Waals surface area contributed by atoms with E-state index in [0.29, 0.717) is 18.8 Å². The van der Waals surface area contributed by atoms with Crippen molar-refractivity contribution >= 4 is 27.5 Å². The van der Waals surface area contributed by atoms with Crippen LogP contribution in [0, 0.1) is 0 Å². The van der Waals surface area contributed by atoms with E-state index in [1.54, 1.807) is 7.11 Å². The Morgan fingerprint density at radius 1 is 1.14 bits per heavy atom. The van der Waals surface area contributed by atoms with Crippen molar-refractivity contribution < 1.29 is 17.9 Å². The largest absolute Gasteiger partial charge is 0.497 e. The summed E-state index contributed by atoms with van der Waals surface area (Å²) in [4.78, 5) is 12.7. The Morgan fingerprint density at radius 3 is 2.61 bits per heavy atom. The van der Waals surface area contributed by atoms with E-state index < -0.39 is 15.9 Å². The Morgan fingerprint density at radius 2 is 1.89 bits per heavy atom. The summed E-state index contributed by atoms with van der Waals surface area (Å²) in [5.74, 6) is 0.267. The molecule has 28 heavy (non-hydrogen) atoms. The third-order valence-corrected chi connectivity index (χ3v) is 6.95. The van der Waals surface area contributed by atoms with E-state index in [2.05, 4.69) is 5.32 Å². The first-order chi connectivity index (χ1) is 13.4. The zero-order valence-electron chi connectivity index (χ0n) is 15.7. The topological polar surface area (TPSA) is 75.7 Å². The van der Waals surface area contributed by atoms with Crippen LogP contribution in [0.15, 0.2) is 47.4 Å². The molecule has 1 saturated heterocycles. The van der Waals surface area contributed by atoms with Gasteiger partial charge in [0.2, 0.25) is 10.0 Å². The normalized spacial score (nSPS) is 15.2. The first-order valence-corrected chi connectivity index (χ1v) is 10.9. The number of ether oxygens (including phenoxy) is 1. The number of carbonyl (C=O) groups excluding carboxylic acids is 1. The van der Waals surface area contributed by atoms with Gasteiger partial charge in [-0.25, -0.2) is 8.42 Å². The van der Waals surface area contributed by atoms with Gasteiger partial charge in [-0.05, 0) is 48.7 Å². The molecule has 0 unspecified atom stereocenters. The fourth-order valence-corrected chi connectivity index (χ4v) is 4.90. The lowest BCUT2D eigenvalue weighted by Crippen LogP contribution is -2.35. The highest BCUT2D eigenvalue weighted by atomic mass is 35.5. The second kappa shape index (κ2) is 8.94. The Hall–Kier alpha value is -2.09. The summed E-state index contributed by atoms with van der Waals surface area (Å²) in [7, 11) is -2.06. The molecule has 1 aliphatic rings. The maximum Gasteiger partial charge on any atom is 0.253 e. The Balaban J connectivity index is 1.77. The van der Waals surface area contributed by atoms with Gasteiger partial charge < -0.3 is 10.1 Å². The van der Waals surface area contributed by atoms with E-state index in [-0.39, 0.29) is 22.0 Å². The van der Waals surface area contributed by atoms with Crippen LogP contribution < -0.4 is 10.1 Å².